The fraction of sp³-hybridized carbons (Fsp3) is 0.909. The molecule has 0 aromatic rings. The van der Waals surface area contributed by atoms with Crippen molar-refractivity contribution in [3.8, 4) is 0 Å². The first-order chi connectivity index (χ1) is 7.67. The lowest BCUT2D eigenvalue weighted by Crippen LogP contribution is -2.49. The van der Waals surface area contributed by atoms with E-state index in [0.717, 1.165) is 0 Å². The molecule has 0 aliphatic heterocycles. The number of carbonyl (C=O) groups is 1. The lowest BCUT2D eigenvalue weighted by Gasteiger charge is -2.44. The molecule has 1 saturated carbocycles. The average molecular weight is 253 g/mol. The van der Waals surface area contributed by atoms with Crippen molar-refractivity contribution in [1.29, 1.82) is 0 Å². The summed E-state index contributed by atoms with van der Waals surface area (Å²) in [6.45, 7) is 0. The van der Waals surface area contributed by atoms with Crippen molar-refractivity contribution in [2.24, 2.45) is 5.92 Å². The lowest BCUT2D eigenvalue weighted by molar-refractivity contribution is -0.188. The first-order valence-corrected chi connectivity index (χ1v) is 5.63. The van der Waals surface area contributed by atoms with Crippen LogP contribution in [0.2, 0.25) is 0 Å². The third kappa shape index (κ3) is 3.34. The quantitative estimate of drug-likeness (QED) is 0.840. The first kappa shape index (κ1) is 14.3. The van der Waals surface area contributed by atoms with E-state index in [1.54, 1.807) is 19.0 Å². The van der Waals surface area contributed by atoms with E-state index in [-0.39, 0.29) is 32.1 Å². The van der Waals surface area contributed by atoms with Crippen molar-refractivity contribution in [2.75, 3.05) is 14.1 Å². The molecule has 0 radical (unpaired) electrons. The molecule has 1 fully saturated rings. The SMILES string of the molecule is CN(C)C1(CC(=O)O)CCC(C(F)(F)F)CC1. The van der Waals surface area contributed by atoms with Crippen LogP contribution < -0.4 is 0 Å². The van der Waals surface area contributed by atoms with Gasteiger partial charge in [-0.3, -0.25) is 4.79 Å². The number of halogens is 3. The first-order valence-electron chi connectivity index (χ1n) is 5.63. The van der Waals surface area contributed by atoms with E-state index in [1.165, 1.54) is 0 Å². The van der Waals surface area contributed by atoms with Crippen LogP contribution in [0.25, 0.3) is 0 Å². The predicted molar refractivity (Wildman–Crippen MR) is 56.7 cm³/mol. The largest absolute Gasteiger partial charge is 0.481 e. The minimum atomic E-state index is -4.15. The maximum Gasteiger partial charge on any atom is 0.391 e. The molecule has 0 unspecified atom stereocenters. The summed E-state index contributed by atoms with van der Waals surface area (Å²) >= 11 is 0. The van der Waals surface area contributed by atoms with E-state index in [4.69, 9.17) is 5.11 Å². The lowest BCUT2D eigenvalue weighted by atomic mass is 9.73. The van der Waals surface area contributed by atoms with Gasteiger partial charge >= 0.3 is 12.1 Å². The summed E-state index contributed by atoms with van der Waals surface area (Å²) in [5.74, 6) is -2.23. The molecule has 100 valence electrons. The molecule has 0 atom stereocenters. The molecule has 0 heterocycles. The molecule has 0 amide bonds. The van der Waals surface area contributed by atoms with Crippen LogP contribution in [0.15, 0.2) is 0 Å². The third-order valence-electron chi connectivity index (χ3n) is 3.81. The van der Waals surface area contributed by atoms with Gasteiger partial charge in [0.1, 0.15) is 0 Å². The summed E-state index contributed by atoms with van der Waals surface area (Å²) in [5, 5.41) is 8.86. The minimum Gasteiger partial charge on any atom is -0.481 e. The topological polar surface area (TPSA) is 40.5 Å². The Morgan fingerprint density at radius 3 is 2.12 bits per heavy atom. The van der Waals surface area contributed by atoms with E-state index in [0.29, 0.717) is 0 Å². The Balaban J connectivity index is 2.71. The Morgan fingerprint density at radius 1 is 1.35 bits per heavy atom. The van der Waals surface area contributed by atoms with E-state index in [9.17, 15) is 18.0 Å². The highest BCUT2D eigenvalue weighted by Crippen LogP contribution is 2.44. The number of aliphatic carboxylic acids is 1. The number of rotatable bonds is 3. The van der Waals surface area contributed by atoms with Crippen LogP contribution in [0.4, 0.5) is 13.2 Å². The maximum absolute atomic E-state index is 12.5. The van der Waals surface area contributed by atoms with E-state index < -0.39 is 23.6 Å². The van der Waals surface area contributed by atoms with Crippen molar-refractivity contribution < 1.29 is 23.1 Å². The second kappa shape index (κ2) is 4.84. The fourth-order valence-electron chi connectivity index (χ4n) is 2.55. The molecule has 1 aliphatic rings. The highest BCUT2D eigenvalue weighted by Gasteiger charge is 2.47. The van der Waals surface area contributed by atoms with E-state index >= 15 is 0 Å². The average Bonchev–Trinajstić information content (AvgIpc) is 2.15. The van der Waals surface area contributed by atoms with Crippen LogP contribution in [0.3, 0.4) is 0 Å². The van der Waals surface area contributed by atoms with Crippen molar-refractivity contribution in [2.45, 2.75) is 43.8 Å². The zero-order valence-corrected chi connectivity index (χ0v) is 10.0. The number of hydrogen-bond acceptors (Lipinski definition) is 2. The predicted octanol–water partition coefficient (Wildman–Crippen LogP) is 2.51. The molecular weight excluding hydrogens is 235 g/mol. The number of carboxylic acids is 1. The summed E-state index contributed by atoms with van der Waals surface area (Å²) < 4.78 is 37.6. The molecule has 0 bridgehead atoms. The number of nitrogens with zero attached hydrogens (tertiary/aromatic N) is 1. The van der Waals surface area contributed by atoms with Gasteiger partial charge in [0.05, 0.1) is 12.3 Å². The number of hydrogen-bond donors (Lipinski definition) is 1. The molecule has 0 aromatic carbocycles. The summed E-state index contributed by atoms with van der Waals surface area (Å²) in [6, 6.07) is 0. The Hall–Kier alpha value is -0.780. The van der Waals surface area contributed by atoms with Crippen LogP contribution in [-0.2, 0) is 4.79 Å². The van der Waals surface area contributed by atoms with Gasteiger partial charge < -0.3 is 10.0 Å². The zero-order chi connectivity index (χ0) is 13.3. The molecular formula is C11H18F3NO2. The fourth-order valence-corrected chi connectivity index (χ4v) is 2.55. The van der Waals surface area contributed by atoms with Gasteiger partial charge in [-0.1, -0.05) is 0 Å². The second-order valence-corrected chi connectivity index (χ2v) is 5.01. The Bertz CT molecular complexity index is 281. The van der Waals surface area contributed by atoms with Crippen molar-refractivity contribution >= 4 is 5.97 Å². The molecule has 3 nitrogen and oxygen atoms in total. The van der Waals surface area contributed by atoms with Gasteiger partial charge in [-0.15, -0.1) is 0 Å². The van der Waals surface area contributed by atoms with Gasteiger partial charge in [0.2, 0.25) is 0 Å². The molecule has 0 saturated heterocycles. The zero-order valence-electron chi connectivity index (χ0n) is 10.0. The van der Waals surface area contributed by atoms with Crippen LogP contribution in [0.1, 0.15) is 32.1 Å². The van der Waals surface area contributed by atoms with Crippen LogP contribution in [0, 0.1) is 5.92 Å². The summed E-state index contributed by atoms with van der Waals surface area (Å²) in [4.78, 5) is 12.6. The normalized spacial score (nSPS) is 30.6. The van der Waals surface area contributed by atoms with Crippen LogP contribution in [-0.4, -0.2) is 41.8 Å². The van der Waals surface area contributed by atoms with Crippen LogP contribution in [0.5, 0.6) is 0 Å². The summed E-state index contributed by atoms with van der Waals surface area (Å²) in [5.41, 5.74) is -0.617. The van der Waals surface area contributed by atoms with E-state index in [2.05, 4.69) is 0 Å². The van der Waals surface area contributed by atoms with Gasteiger partial charge in [-0.05, 0) is 39.8 Å². The Morgan fingerprint density at radius 2 is 1.82 bits per heavy atom. The smallest absolute Gasteiger partial charge is 0.391 e. The van der Waals surface area contributed by atoms with Crippen LogP contribution >= 0.6 is 0 Å². The highest BCUT2D eigenvalue weighted by molar-refractivity contribution is 5.68. The maximum atomic E-state index is 12.5. The number of alkyl halides is 3. The molecule has 6 heteroatoms. The Labute approximate surface area is 98.6 Å². The van der Waals surface area contributed by atoms with Gasteiger partial charge in [-0.25, -0.2) is 0 Å². The standard InChI is InChI=1S/C11H18F3NO2/c1-15(2)10(7-9(16)17)5-3-8(4-6-10)11(12,13)14/h8H,3-7H2,1-2H3,(H,16,17). The molecule has 17 heavy (non-hydrogen) atoms. The molecule has 1 aliphatic carbocycles. The molecule has 1 N–H and O–H groups in total. The third-order valence-corrected chi connectivity index (χ3v) is 3.81. The molecule has 0 aromatic heterocycles. The van der Waals surface area contributed by atoms with Crippen molar-refractivity contribution in [1.82, 2.24) is 4.90 Å². The van der Waals surface area contributed by atoms with Gasteiger partial charge in [0, 0.05) is 5.54 Å². The summed E-state index contributed by atoms with van der Waals surface area (Å²) in [7, 11) is 3.47. The summed E-state index contributed by atoms with van der Waals surface area (Å²) in [6.07, 6.45) is -3.62. The van der Waals surface area contributed by atoms with Gasteiger partial charge in [0.25, 0.3) is 0 Å². The van der Waals surface area contributed by atoms with Crippen molar-refractivity contribution in [3.05, 3.63) is 0 Å². The van der Waals surface area contributed by atoms with E-state index in [1.807, 2.05) is 0 Å². The Kier molecular flexibility index (Phi) is 4.06. The minimum absolute atomic E-state index is 0.0228. The highest BCUT2D eigenvalue weighted by atomic mass is 19.4. The molecule has 0 spiro atoms. The molecule has 1 rings (SSSR count). The second-order valence-electron chi connectivity index (χ2n) is 5.01. The monoisotopic (exact) mass is 253 g/mol. The van der Waals surface area contributed by atoms with Gasteiger partial charge in [-0.2, -0.15) is 13.2 Å². The van der Waals surface area contributed by atoms with Crippen molar-refractivity contribution in [3.63, 3.8) is 0 Å². The number of carboxylic acid groups (broad SMARTS) is 1. The van der Waals surface area contributed by atoms with Gasteiger partial charge in [0.15, 0.2) is 0 Å².